The van der Waals surface area contributed by atoms with Gasteiger partial charge in [-0.3, -0.25) is 9.59 Å². The minimum Gasteiger partial charge on any atom is -0.504 e. The van der Waals surface area contributed by atoms with Gasteiger partial charge in [0, 0.05) is 23.1 Å². The Morgan fingerprint density at radius 1 is 1.41 bits per heavy atom. The molecule has 11 nitrogen and oxygen atoms in total. The molecule has 1 aromatic rings. The normalized spacial score (nSPS) is 20.6. The number of halogens is 1. The predicted octanol–water partition coefficient (Wildman–Crippen LogP) is 0.630. The lowest BCUT2D eigenvalue weighted by molar-refractivity contribution is -0.161. The van der Waals surface area contributed by atoms with Crippen molar-refractivity contribution in [1.29, 1.82) is 0 Å². The predicted molar refractivity (Wildman–Crippen MR) is 105 cm³/mol. The number of amides is 2. The van der Waals surface area contributed by atoms with Crippen LogP contribution < -0.4 is 5.43 Å². The number of hydrogen-bond donors (Lipinski definition) is 5. The van der Waals surface area contributed by atoms with Crippen molar-refractivity contribution in [3.05, 3.63) is 22.2 Å². The summed E-state index contributed by atoms with van der Waals surface area (Å²) in [7, 11) is 0. The van der Waals surface area contributed by atoms with Gasteiger partial charge in [0.05, 0.1) is 5.56 Å². The summed E-state index contributed by atoms with van der Waals surface area (Å²) in [6.07, 6.45) is 0.899. The fourth-order valence-electron chi connectivity index (χ4n) is 2.84. The van der Waals surface area contributed by atoms with Crippen LogP contribution >= 0.6 is 15.9 Å². The Bertz CT molecular complexity index is 924. The van der Waals surface area contributed by atoms with Gasteiger partial charge in [0.1, 0.15) is 4.75 Å². The largest absolute Gasteiger partial charge is 0.504 e. The minimum atomic E-state index is -2.77. The maximum absolute atomic E-state index is 12.2. The van der Waals surface area contributed by atoms with Crippen molar-refractivity contribution in [3.8, 4) is 11.5 Å². The second-order valence-corrected chi connectivity index (χ2v) is 8.78. The van der Waals surface area contributed by atoms with E-state index in [1.165, 1.54) is 0 Å². The van der Waals surface area contributed by atoms with Crippen LogP contribution in [0.25, 0.3) is 0 Å². The van der Waals surface area contributed by atoms with Gasteiger partial charge in [0.25, 0.3) is 5.91 Å². The summed E-state index contributed by atoms with van der Waals surface area (Å²) in [6, 6.07) is -0.0770. The second kappa shape index (κ2) is 8.47. The molecule has 2 rings (SSSR count). The van der Waals surface area contributed by atoms with Crippen LogP contribution in [-0.4, -0.2) is 69.8 Å². The molecule has 1 fully saturated rings. The molecule has 0 saturated carbocycles. The number of likely N-dealkylation sites (tertiary alicyclic amines) is 1. The third-order valence-electron chi connectivity index (χ3n) is 4.46. The molecule has 1 aliphatic heterocycles. The highest BCUT2D eigenvalue weighted by Crippen LogP contribution is 2.32. The zero-order valence-corrected chi connectivity index (χ0v) is 17.6. The molecule has 0 radical (unpaired) electrons. The number of carboxylic acids is 1. The van der Waals surface area contributed by atoms with Gasteiger partial charge in [-0.25, -0.2) is 14.4 Å². The Morgan fingerprint density at radius 3 is 2.48 bits per heavy atom. The molecule has 1 aliphatic rings. The highest BCUT2D eigenvalue weighted by Gasteiger charge is 2.53. The highest BCUT2D eigenvalue weighted by atomic mass is 79.9. The van der Waals surface area contributed by atoms with Crippen LogP contribution in [-0.2, 0) is 20.7 Å². The summed E-state index contributed by atoms with van der Waals surface area (Å²) in [4.78, 5) is 36.8. The van der Waals surface area contributed by atoms with E-state index in [4.69, 9.17) is 0 Å². The lowest BCUT2D eigenvalue weighted by Gasteiger charge is -2.46. The number of nitrogens with one attached hydrogen (secondary N) is 1. The average molecular weight is 492 g/mol. The molecule has 0 bridgehead atoms. The van der Waals surface area contributed by atoms with E-state index in [1.807, 2.05) is 0 Å². The summed E-state index contributed by atoms with van der Waals surface area (Å²) < 4.78 is 19.8. The van der Waals surface area contributed by atoms with E-state index in [2.05, 4.69) is 26.5 Å². The topological polar surface area (TPSA) is 177 Å². The molecule has 29 heavy (non-hydrogen) atoms. The quantitative estimate of drug-likeness (QED) is 0.121. The van der Waals surface area contributed by atoms with Gasteiger partial charge in [-0.2, -0.15) is 5.10 Å². The number of carboxylic acid groups (broad SMARTS) is 1. The number of aromatic hydroxyl groups is 2. The molecule has 1 heterocycles. The van der Waals surface area contributed by atoms with Crippen LogP contribution in [0.3, 0.4) is 0 Å². The first-order valence-corrected chi connectivity index (χ1v) is 10.0. The zero-order valence-electron chi connectivity index (χ0n) is 15.2. The fourth-order valence-corrected chi connectivity index (χ4v) is 3.90. The standard InChI is InChI=1S/C16H18BrN3O8S/c1-7-3-12(23)20(7)13(15(25)26)16(2,29(27)28)6-18-19-14(24)8-4-10(21)11(22)5-9(8)17/h4-7,13,21-22H,3H2,1-2H3,(H,19,24)(H,25,26)(H,27,28)/b18-6+/t7-,13+,16+/m1/s1. The molecule has 0 aromatic heterocycles. The molecule has 1 saturated heterocycles. The Hall–Kier alpha value is -2.51. The first-order chi connectivity index (χ1) is 13.4. The van der Waals surface area contributed by atoms with Gasteiger partial charge >= 0.3 is 5.97 Å². The molecular formula is C16H18BrN3O8S. The summed E-state index contributed by atoms with van der Waals surface area (Å²) in [6.45, 7) is 2.73. The number of hydrazone groups is 1. The van der Waals surface area contributed by atoms with Crippen LogP contribution in [0.4, 0.5) is 0 Å². The third-order valence-corrected chi connectivity index (χ3v) is 6.20. The molecule has 0 spiro atoms. The SMILES string of the molecule is C[C@@H]1CC(=O)N1[C@@H](C(=O)O)[C@](C)(/C=N/NC(=O)c1cc(O)c(O)cc1Br)S(=O)O. The summed E-state index contributed by atoms with van der Waals surface area (Å²) in [5, 5.41) is 32.1. The van der Waals surface area contributed by atoms with Crippen LogP contribution in [0.1, 0.15) is 30.6 Å². The van der Waals surface area contributed by atoms with E-state index in [-0.39, 0.29) is 16.5 Å². The number of benzene rings is 1. The van der Waals surface area contributed by atoms with E-state index < -0.39 is 57.2 Å². The van der Waals surface area contributed by atoms with Gasteiger partial charge in [0.15, 0.2) is 28.6 Å². The molecule has 0 aliphatic carbocycles. The minimum absolute atomic E-state index is 0.106. The first-order valence-electron chi connectivity index (χ1n) is 8.11. The van der Waals surface area contributed by atoms with Crippen molar-refractivity contribution in [2.75, 3.05) is 0 Å². The Kier molecular flexibility index (Phi) is 6.65. The van der Waals surface area contributed by atoms with Crippen molar-refractivity contribution in [2.45, 2.75) is 37.1 Å². The van der Waals surface area contributed by atoms with Crippen molar-refractivity contribution in [2.24, 2.45) is 5.10 Å². The lowest BCUT2D eigenvalue weighted by Crippen LogP contribution is -2.67. The van der Waals surface area contributed by atoms with Crippen LogP contribution in [0.15, 0.2) is 21.7 Å². The Morgan fingerprint density at radius 2 is 2.00 bits per heavy atom. The summed E-state index contributed by atoms with van der Waals surface area (Å²) in [5.41, 5.74) is 1.95. The molecule has 1 aromatic carbocycles. The number of hydrogen-bond acceptors (Lipinski definition) is 7. The van der Waals surface area contributed by atoms with Crippen LogP contribution in [0.5, 0.6) is 11.5 Å². The van der Waals surface area contributed by atoms with Gasteiger partial charge < -0.3 is 24.8 Å². The zero-order chi connectivity index (χ0) is 22.1. The molecule has 158 valence electrons. The highest BCUT2D eigenvalue weighted by molar-refractivity contribution is 9.10. The molecule has 13 heteroatoms. The first kappa shape index (κ1) is 22.8. The average Bonchev–Trinajstić information content (AvgIpc) is 2.61. The number of phenolic OH excluding ortho intramolecular Hbond substituents is 2. The molecule has 4 atom stereocenters. The van der Waals surface area contributed by atoms with E-state index in [0.29, 0.717) is 0 Å². The van der Waals surface area contributed by atoms with Gasteiger partial charge in [-0.05, 0) is 41.9 Å². The molecule has 5 N–H and O–H groups in total. The van der Waals surface area contributed by atoms with Gasteiger partial charge in [0.2, 0.25) is 5.91 Å². The van der Waals surface area contributed by atoms with E-state index in [0.717, 1.165) is 30.2 Å². The van der Waals surface area contributed by atoms with Crippen molar-refractivity contribution in [1.82, 2.24) is 10.3 Å². The number of carbonyl (C=O) groups is 3. The number of aliphatic carboxylic acids is 1. The smallest absolute Gasteiger partial charge is 0.328 e. The molecular weight excluding hydrogens is 474 g/mol. The summed E-state index contributed by atoms with van der Waals surface area (Å²) in [5.74, 6) is -3.85. The molecule has 1 unspecified atom stereocenters. The van der Waals surface area contributed by atoms with Gasteiger partial charge in [-0.1, -0.05) is 0 Å². The van der Waals surface area contributed by atoms with Crippen molar-refractivity contribution >= 4 is 51.0 Å². The third kappa shape index (κ3) is 4.41. The van der Waals surface area contributed by atoms with Crippen LogP contribution in [0.2, 0.25) is 0 Å². The monoisotopic (exact) mass is 491 g/mol. The van der Waals surface area contributed by atoms with Crippen molar-refractivity contribution in [3.63, 3.8) is 0 Å². The Balaban J connectivity index is 2.29. The second-order valence-electron chi connectivity index (χ2n) is 6.55. The van der Waals surface area contributed by atoms with Gasteiger partial charge in [-0.15, -0.1) is 0 Å². The van der Waals surface area contributed by atoms with E-state index in [1.54, 1.807) is 6.92 Å². The summed E-state index contributed by atoms with van der Waals surface area (Å²) >= 11 is 0.268. The lowest BCUT2D eigenvalue weighted by atomic mass is 9.92. The number of rotatable bonds is 7. The number of phenols is 2. The Labute approximate surface area is 175 Å². The molecule has 2 amide bonds. The van der Waals surface area contributed by atoms with Crippen molar-refractivity contribution < 1.29 is 38.5 Å². The maximum atomic E-state index is 12.2. The number of carbonyl (C=O) groups excluding carboxylic acids is 2. The number of β-lactam (4-membered cyclic amide) rings is 1. The van der Waals surface area contributed by atoms with E-state index in [9.17, 15) is 38.5 Å². The fraction of sp³-hybridized carbons (Fsp3) is 0.375. The van der Waals surface area contributed by atoms with Crippen LogP contribution in [0, 0.1) is 0 Å². The number of nitrogens with zero attached hydrogens (tertiary/aromatic N) is 2. The van der Waals surface area contributed by atoms with E-state index >= 15 is 0 Å². The maximum Gasteiger partial charge on any atom is 0.328 e.